The van der Waals surface area contributed by atoms with Crippen LogP contribution in [0.25, 0.3) is 0 Å². The van der Waals surface area contributed by atoms with E-state index < -0.39 is 0 Å². The average Bonchev–Trinajstić information content (AvgIpc) is 2.84. The van der Waals surface area contributed by atoms with Gasteiger partial charge in [0, 0.05) is 39.3 Å². The highest BCUT2D eigenvalue weighted by Crippen LogP contribution is 2.21. The summed E-state index contributed by atoms with van der Waals surface area (Å²) in [5.74, 6) is 0.315. The lowest BCUT2D eigenvalue weighted by Gasteiger charge is -2.37. The van der Waals surface area contributed by atoms with E-state index in [1.807, 2.05) is 19.9 Å². The first-order chi connectivity index (χ1) is 11.5. The minimum atomic E-state index is -0.241. The molecule has 5 nitrogen and oxygen atoms in total. The second kappa shape index (κ2) is 7.45. The number of carbonyl (C=O) groups is 2. The number of benzene rings is 1. The summed E-state index contributed by atoms with van der Waals surface area (Å²) in [4.78, 5) is 30.8. The van der Waals surface area contributed by atoms with E-state index in [1.165, 1.54) is 10.5 Å². The highest BCUT2D eigenvalue weighted by Gasteiger charge is 2.42. The highest BCUT2D eigenvalue weighted by atomic mass is 16.2. The summed E-state index contributed by atoms with van der Waals surface area (Å²) in [6, 6.07) is 10.2. The maximum Gasteiger partial charge on any atom is 0.247 e. The van der Waals surface area contributed by atoms with Gasteiger partial charge < -0.3 is 0 Å². The molecule has 1 atom stereocenters. The Kier molecular flexibility index (Phi) is 5.31. The third kappa shape index (κ3) is 3.84. The zero-order chi connectivity index (χ0) is 17.1. The van der Waals surface area contributed by atoms with Crippen LogP contribution in [0.15, 0.2) is 30.3 Å². The number of carbonyl (C=O) groups excluding carboxylic acids is 2. The molecule has 0 N–H and O–H groups in total. The van der Waals surface area contributed by atoms with Crippen molar-refractivity contribution in [1.82, 2.24) is 14.7 Å². The fraction of sp³-hybridized carbons (Fsp3) is 0.579. The molecule has 1 aromatic rings. The Morgan fingerprint density at radius 3 is 2.33 bits per heavy atom. The number of hydrogen-bond donors (Lipinski definition) is 0. The van der Waals surface area contributed by atoms with Crippen molar-refractivity contribution in [2.24, 2.45) is 5.92 Å². The average molecular weight is 329 g/mol. The van der Waals surface area contributed by atoms with Gasteiger partial charge in [0.25, 0.3) is 0 Å². The van der Waals surface area contributed by atoms with Crippen molar-refractivity contribution in [3.63, 3.8) is 0 Å². The maximum atomic E-state index is 12.6. The van der Waals surface area contributed by atoms with Crippen molar-refractivity contribution in [3.05, 3.63) is 35.9 Å². The summed E-state index contributed by atoms with van der Waals surface area (Å²) in [6.07, 6.45) is 0.351. The quantitative estimate of drug-likeness (QED) is 0.770. The van der Waals surface area contributed by atoms with E-state index in [-0.39, 0.29) is 17.9 Å². The van der Waals surface area contributed by atoms with Gasteiger partial charge in [-0.15, -0.1) is 0 Å². The topological polar surface area (TPSA) is 43.9 Å². The van der Waals surface area contributed by atoms with Gasteiger partial charge in [0.05, 0.1) is 12.5 Å². The predicted molar refractivity (Wildman–Crippen MR) is 93.3 cm³/mol. The van der Waals surface area contributed by atoms with Gasteiger partial charge in [-0.3, -0.25) is 24.3 Å². The number of likely N-dealkylation sites (tertiary alicyclic amines) is 1. The lowest BCUT2D eigenvalue weighted by molar-refractivity contribution is -0.140. The molecule has 0 bridgehead atoms. The number of rotatable bonds is 5. The van der Waals surface area contributed by atoms with E-state index in [4.69, 9.17) is 0 Å². The second-order valence-corrected chi connectivity index (χ2v) is 7.25. The van der Waals surface area contributed by atoms with Crippen molar-refractivity contribution in [2.75, 3.05) is 32.7 Å². The van der Waals surface area contributed by atoms with Crippen molar-refractivity contribution >= 4 is 11.8 Å². The first-order valence-electron chi connectivity index (χ1n) is 8.89. The maximum absolute atomic E-state index is 12.6. The third-order valence-electron chi connectivity index (χ3n) is 4.86. The van der Waals surface area contributed by atoms with Crippen LogP contribution in [0.5, 0.6) is 0 Å². The Morgan fingerprint density at radius 2 is 1.71 bits per heavy atom. The Labute approximate surface area is 144 Å². The number of nitrogens with zero attached hydrogens (tertiary/aromatic N) is 3. The minimum Gasteiger partial charge on any atom is -0.297 e. The summed E-state index contributed by atoms with van der Waals surface area (Å²) in [5.41, 5.74) is 1.32. The molecule has 0 saturated carbocycles. The number of amides is 2. The molecule has 130 valence electrons. The van der Waals surface area contributed by atoms with E-state index in [0.29, 0.717) is 18.9 Å². The smallest absolute Gasteiger partial charge is 0.247 e. The van der Waals surface area contributed by atoms with Crippen LogP contribution < -0.4 is 0 Å². The molecule has 2 heterocycles. The normalized spacial score (nSPS) is 23.5. The van der Waals surface area contributed by atoms with Crippen LogP contribution in [0.3, 0.4) is 0 Å². The van der Waals surface area contributed by atoms with Crippen molar-refractivity contribution in [2.45, 2.75) is 32.9 Å². The lowest BCUT2D eigenvalue weighted by atomic mass is 10.1. The van der Waals surface area contributed by atoms with Gasteiger partial charge in [-0.25, -0.2) is 0 Å². The molecule has 0 aromatic heterocycles. The third-order valence-corrected chi connectivity index (χ3v) is 4.86. The molecule has 2 aliphatic rings. The molecule has 1 aromatic carbocycles. The van der Waals surface area contributed by atoms with Crippen LogP contribution >= 0.6 is 0 Å². The first-order valence-corrected chi connectivity index (χ1v) is 8.89. The van der Waals surface area contributed by atoms with Crippen molar-refractivity contribution < 1.29 is 9.59 Å². The lowest BCUT2D eigenvalue weighted by Crippen LogP contribution is -2.52. The van der Waals surface area contributed by atoms with Gasteiger partial charge in [0.15, 0.2) is 0 Å². The van der Waals surface area contributed by atoms with Gasteiger partial charge in [0.2, 0.25) is 11.8 Å². The standard InChI is InChI=1S/C19H27N3O2/c1-15(2)13-22-18(23)12-17(19(22)24)21-10-8-20(9-11-21)14-16-6-4-3-5-7-16/h3-7,15,17H,8-14H2,1-2H3/t17-/m0/s1. The van der Waals surface area contributed by atoms with Crippen LogP contribution in [-0.4, -0.2) is 65.3 Å². The van der Waals surface area contributed by atoms with Gasteiger partial charge in [-0.2, -0.15) is 0 Å². The van der Waals surface area contributed by atoms with Gasteiger partial charge in [-0.05, 0) is 11.5 Å². The Morgan fingerprint density at radius 1 is 1.04 bits per heavy atom. The van der Waals surface area contributed by atoms with Crippen LogP contribution in [0, 0.1) is 5.92 Å². The predicted octanol–water partition coefficient (Wildman–Crippen LogP) is 1.59. The number of piperazine rings is 1. The molecular formula is C19H27N3O2. The Bertz CT molecular complexity index is 580. The van der Waals surface area contributed by atoms with Gasteiger partial charge in [0.1, 0.15) is 0 Å². The van der Waals surface area contributed by atoms with Gasteiger partial charge >= 0.3 is 0 Å². The van der Waals surface area contributed by atoms with E-state index in [0.717, 1.165) is 32.7 Å². The molecule has 24 heavy (non-hydrogen) atoms. The monoisotopic (exact) mass is 329 g/mol. The van der Waals surface area contributed by atoms with Crippen LogP contribution in [0.2, 0.25) is 0 Å². The molecule has 2 saturated heterocycles. The summed E-state index contributed by atoms with van der Waals surface area (Å²) >= 11 is 0. The number of imide groups is 1. The SMILES string of the molecule is CC(C)CN1C(=O)C[C@H](N2CCN(Cc3ccccc3)CC2)C1=O. The molecule has 5 heteroatoms. The molecule has 0 unspecified atom stereocenters. The summed E-state index contributed by atoms with van der Waals surface area (Å²) in [7, 11) is 0. The fourth-order valence-electron chi connectivity index (χ4n) is 3.58. The summed E-state index contributed by atoms with van der Waals surface area (Å²) < 4.78 is 0. The molecule has 2 fully saturated rings. The summed E-state index contributed by atoms with van der Waals surface area (Å²) in [5, 5.41) is 0. The zero-order valence-corrected chi connectivity index (χ0v) is 14.6. The molecule has 0 radical (unpaired) electrons. The van der Waals surface area contributed by atoms with E-state index in [9.17, 15) is 9.59 Å². The van der Waals surface area contributed by atoms with Crippen LogP contribution in [0.1, 0.15) is 25.8 Å². The van der Waals surface area contributed by atoms with E-state index in [2.05, 4.69) is 34.1 Å². The Balaban J connectivity index is 1.53. The van der Waals surface area contributed by atoms with E-state index >= 15 is 0 Å². The van der Waals surface area contributed by atoms with Crippen LogP contribution in [0.4, 0.5) is 0 Å². The molecule has 2 aliphatic heterocycles. The fourth-order valence-corrected chi connectivity index (χ4v) is 3.58. The zero-order valence-electron chi connectivity index (χ0n) is 14.6. The van der Waals surface area contributed by atoms with Gasteiger partial charge in [-0.1, -0.05) is 44.2 Å². The molecular weight excluding hydrogens is 302 g/mol. The molecule has 0 spiro atoms. The summed E-state index contributed by atoms with van der Waals surface area (Å²) in [6.45, 7) is 9.16. The molecule has 3 rings (SSSR count). The minimum absolute atomic E-state index is 0.00482. The van der Waals surface area contributed by atoms with Crippen molar-refractivity contribution in [3.8, 4) is 0 Å². The van der Waals surface area contributed by atoms with E-state index in [1.54, 1.807) is 0 Å². The highest BCUT2D eigenvalue weighted by molar-refractivity contribution is 6.05. The Hall–Kier alpha value is -1.72. The second-order valence-electron chi connectivity index (χ2n) is 7.25. The largest absolute Gasteiger partial charge is 0.297 e. The van der Waals surface area contributed by atoms with Crippen LogP contribution in [-0.2, 0) is 16.1 Å². The molecule has 0 aliphatic carbocycles. The first kappa shape index (κ1) is 17.1. The molecule has 2 amide bonds. The number of hydrogen-bond acceptors (Lipinski definition) is 4. The van der Waals surface area contributed by atoms with Crippen molar-refractivity contribution in [1.29, 1.82) is 0 Å².